The molecule has 0 aromatic carbocycles. The Kier molecular flexibility index (Phi) is 8.98. The lowest BCUT2D eigenvalue weighted by atomic mass is 9.78. The molecule has 0 amide bonds. The molecule has 0 spiro atoms. The molecule has 2 aliphatic rings. The van der Waals surface area contributed by atoms with E-state index in [1.807, 2.05) is 0 Å². The fraction of sp³-hybridized carbons (Fsp3) is 0.783. The highest BCUT2D eigenvalue weighted by Gasteiger charge is 2.54. The number of aliphatic hydroxyl groups is 1. The van der Waals surface area contributed by atoms with Gasteiger partial charge in [-0.15, -0.1) is 0 Å². The zero-order chi connectivity index (χ0) is 23.2. The minimum absolute atomic E-state index is 0.164. The highest BCUT2D eigenvalue weighted by atomic mass is 19.4. The summed E-state index contributed by atoms with van der Waals surface area (Å²) < 4.78 is 66.2. The van der Waals surface area contributed by atoms with Gasteiger partial charge in [-0.2, -0.15) is 13.2 Å². The summed E-state index contributed by atoms with van der Waals surface area (Å²) in [4.78, 5) is 11.1. The number of hydrogen-bond acceptors (Lipinski definition) is 4. The van der Waals surface area contributed by atoms with Crippen LogP contribution in [0.4, 0.5) is 17.6 Å². The number of rotatable bonds is 10. The fourth-order valence-electron chi connectivity index (χ4n) is 4.43. The van der Waals surface area contributed by atoms with Crippen molar-refractivity contribution in [3.63, 3.8) is 0 Å². The Balaban J connectivity index is 2.02. The zero-order valence-electron chi connectivity index (χ0n) is 18.5. The number of carbonyl (C=O) groups is 1. The SMILES string of the molecule is CCCCC(C)([C@H](O)C=C[C@H]1CC[C@@H]2OC(=CCCCC(=O)OC)C(F)[C@@H]21)C(F)(F)F. The van der Waals surface area contributed by atoms with E-state index in [-0.39, 0.29) is 36.6 Å². The minimum atomic E-state index is -4.54. The number of alkyl halides is 4. The number of aliphatic hydroxyl groups excluding tert-OH is 1. The van der Waals surface area contributed by atoms with Crippen LogP contribution in [0.3, 0.4) is 0 Å². The van der Waals surface area contributed by atoms with E-state index < -0.39 is 29.8 Å². The molecule has 1 aliphatic carbocycles. The molecule has 1 heterocycles. The molecule has 1 saturated carbocycles. The van der Waals surface area contributed by atoms with Crippen molar-refractivity contribution >= 4 is 5.97 Å². The topological polar surface area (TPSA) is 55.8 Å². The molecular formula is C23H34F4O4. The van der Waals surface area contributed by atoms with Gasteiger partial charge in [-0.3, -0.25) is 4.79 Å². The number of halogens is 4. The Morgan fingerprint density at radius 1 is 1.32 bits per heavy atom. The molecule has 178 valence electrons. The molecule has 1 N–H and O–H groups in total. The Morgan fingerprint density at radius 3 is 2.65 bits per heavy atom. The van der Waals surface area contributed by atoms with Gasteiger partial charge in [0.25, 0.3) is 0 Å². The standard InChI is InChI=1S/C23H34F4O4/c1-4-5-14-22(2,23(25,26)27)18(28)13-11-15-10-12-16-20(15)21(24)17(31-16)8-6-7-9-19(29)30-3/h8,11,13,15-16,18,20-21,28H,4-7,9-10,12,14H2,1-3H3/t15-,16+,18-,20-,21?,22?/m1/s1. The van der Waals surface area contributed by atoms with Gasteiger partial charge < -0.3 is 14.6 Å². The molecule has 0 aromatic heterocycles. The summed E-state index contributed by atoms with van der Waals surface area (Å²) in [6, 6.07) is 0. The number of methoxy groups -OCH3 is 1. The van der Waals surface area contributed by atoms with Crippen LogP contribution in [-0.2, 0) is 14.3 Å². The first-order chi connectivity index (χ1) is 14.5. The largest absolute Gasteiger partial charge is 0.492 e. The Morgan fingerprint density at radius 2 is 2.03 bits per heavy atom. The number of fused-ring (bicyclic) bond motifs is 1. The van der Waals surface area contributed by atoms with Gasteiger partial charge in [-0.05, 0) is 51.0 Å². The van der Waals surface area contributed by atoms with E-state index in [2.05, 4.69) is 4.74 Å². The molecule has 31 heavy (non-hydrogen) atoms. The number of ether oxygens (including phenoxy) is 2. The van der Waals surface area contributed by atoms with Gasteiger partial charge in [-0.25, -0.2) is 4.39 Å². The van der Waals surface area contributed by atoms with Gasteiger partial charge in [0, 0.05) is 12.3 Å². The van der Waals surface area contributed by atoms with E-state index in [1.54, 1.807) is 19.1 Å². The second-order valence-electron chi connectivity index (χ2n) is 8.80. The van der Waals surface area contributed by atoms with Gasteiger partial charge in [0.1, 0.15) is 11.9 Å². The van der Waals surface area contributed by atoms with Crippen molar-refractivity contribution < 1.29 is 36.9 Å². The summed E-state index contributed by atoms with van der Waals surface area (Å²) in [5.74, 6) is -0.850. The van der Waals surface area contributed by atoms with Crippen molar-refractivity contribution in [2.45, 2.75) is 89.8 Å². The van der Waals surface area contributed by atoms with Gasteiger partial charge in [0.15, 0.2) is 6.17 Å². The van der Waals surface area contributed by atoms with Crippen LogP contribution in [0.15, 0.2) is 24.0 Å². The number of hydrogen-bond donors (Lipinski definition) is 1. The number of carbonyl (C=O) groups excluding carboxylic acids is 1. The van der Waals surface area contributed by atoms with Crippen molar-refractivity contribution in [3.8, 4) is 0 Å². The number of esters is 1. The molecule has 4 nitrogen and oxygen atoms in total. The number of allylic oxidation sites excluding steroid dienone is 3. The van der Waals surface area contributed by atoms with Crippen LogP contribution in [0.5, 0.6) is 0 Å². The van der Waals surface area contributed by atoms with Crippen LogP contribution in [0, 0.1) is 17.3 Å². The summed E-state index contributed by atoms with van der Waals surface area (Å²) in [7, 11) is 1.31. The van der Waals surface area contributed by atoms with E-state index in [4.69, 9.17) is 4.74 Å². The maximum Gasteiger partial charge on any atom is 0.397 e. The number of unbranched alkanes of at least 4 members (excludes halogenated alkanes) is 2. The Labute approximate surface area is 181 Å². The van der Waals surface area contributed by atoms with Gasteiger partial charge in [0.05, 0.1) is 18.6 Å². The van der Waals surface area contributed by atoms with E-state index in [1.165, 1.54) is 13.2 Å². The fourth-order valence-corrected chi connectivity index (χ4v) is 4.43. The molecule has 6 atom stereocenters. The zero-order valence-corrected chi connectivity index (χ0v) is 18.5. The van der Waals surface area contributed by atoms with Crippen LogP contribution in [0.25, 0.3) is 0 Å². The maximum atomic E-state index is 15.0. The second-order valence-corrected chi connectivity index (χ2v) is 8.80. The minimum Gasteiger partial charge on any atom is -0.492 e. The first kappa shape index (κ1) is 25.7. The Bertz CT molecular complexity index is 660. The van der Waals surface area contributed by atoms with Gasteiger partial charge in [0.2, 0.25) is 0 Å². The molecular weight excluding hydrogens is 416 g/mol. The first-order valence-electron chi connectivity index (χ1n) is 11.1. The predicted octanol–water partition coefficient (Wildman–Crippen LogP) is 5.65. The summed E-state index contributed by atoms with van der Waals surface area (Å²) in [5.41, 5.74) is -2.23. The molecule has 1 aliphatic heterocycles. The van der Waals surface area contributed by atoms with Crippen molar-refractivity contribution in [1.82, 2.24) is 0 Å². The molecule has 0 aromatic rings. The van der Waals surface area contributed by atoms with Crippen molar-refractivity contribution in [2.75, 3.05) is 7.11 Å². The molecule has 8 heteroatoms. The van der Waals surface area contributed by atoms with E-state index in [0.29, 0.717) is 38.5 Å². The Hall–Kier alpha value is -1.57. The molecule has 2 rings (SSSR count). The van der Waals surface area contributed by atoms with Gasteiger partial charge >= 0.3 is 12.1 Å². The first-order valence-corrected chi connectivity index (χ1v) is 11.1. The molecule has 1 saturated heterocycles. The third-order valence-electron chi connectivity index (χ3n) is 6.65. The monoisotopic (exact) mass is 450 g/mol. The van der Waals surface area contributed by atoms with Crippen LogP contribution in [0.1, 0.15) is 65.2 Å². The third kappa shape index (κ3) is 6.02. The van der Waals surface area contributed by atoms with Crippen LogP contribution < -0.4 is 0 Å². The quantitative estimate of drug-likeness (QED) is 0.202. The van der Waals surface area contributed by atoms with Crippen molar-refractivity contribution in [2.24, 2.45) is 17.3 Å². The highest BCUT2D eigenvalue weighted by Crippen LogP contribution is 2.48. The molecule has 2 fully saturated rings. The smallest absolute Gasteiger partial charge is 0.397 e. The van der Waals surface area contributed by atoms with E-state index in [0.717, 1.165) is 6.92 Å². The predicted molar refractivity (Wildman–Crippen MR) is 109 cm³/mol. The maximum absolute atomic E-state index is 15.0. The average molecular weight is 451 g/mol. The highest BCUT2D eigenvalue weighted by molar-refractivity contribution is 5.69. The molecule has 2 unspecified atom stereocenters. The van der Waals surface area contributed by atoms with Gasteiger partial charge in [-0.1, -0.05) is 31.9 Å². The summed E-state index contributed by atoms with van der Waals surface area (Å²) in [6.45, 7) is 2.85. The second kappa shape index (κ2) is 10.8. The summed E-state index contributed by atoms with van der Waals surface area (Å²) in [6.07, 6.45) is -0.251. The van der Waals surface area contributed by atoms with Crippen LogP contribution in [0.2, 0.25) is 0 Å². The van der Waals surface area contributed by atoms with Crippen molar-refractivity contribution in [1.29, 1.82) is 0 Å². The normalized spacial score (nSPS) is 30.3. The average Bonchev–Trinajstić information content (AvgIpc) is 3.26. The van der Waals surface area contributed by atoms with E-state index >= 15 is 0 Å². The van der Waals surface area contributed by atoms with Crippen LogP contribution in [-0.4, -0.2) is 42.7 Å². The van der Waals surface area contributed by atoms with E-state index in [9.17, 15) is 27.5 Å². The van der Waals surface area contributed by atoms with Crippen molar-refractivity contribution in [3.05, 3.63) is 24.0 Å². The lowest BCUT2D eigenvalue weighted by Crippen LogP contribution is -2.44. The molecule has 0 radical (unpaired) electrons. The molecule has 0 bridgehead atoms. The van der Waals surface area contributed by atoms with Crippen LogP contribution >= 0.6 is 0 Å². The third-order valence-corrected chi connectivity index (χ3v) is 6.65. The lowest BCUT2D eigenvalue weighted by Gasteiger charge is -2.35. The summed E-state index contributed by atoms with van der Waals surface area (Å²) >= 11 is 0. The lowest BCUT2D eigenvalue weighted by molar-refractivity contribution is -0.244. The summed E-state index contributed by atoms with van der Waals surface area (Å²) in [5, 5.41) is 10.4.